The topological polar surface area (TPSA) is 41.1 Å². The highest BCUT2D eigenvalue weighted by Crippen LogP contribution is 2.35. The van der Waals surface area contributed by atoms with Crippen LogP contribution in [0.1, 0.15) is 18.9 Å². The van der Waals surface area contributed by atoms with Gasteiger partial charge < -0.3 is 10.6 Å². The number of halogens is 3. The Labute approximate surface area is 96.0 Å². The maximum absolute atomic E-state index is 12.5. The Morgan fingerprint density at radius 3 is 2.65 bits per heavy atom. The van der Waals surface area contributed by atoms with Crippen LogP contribution in [0.15, 0.2) is 18.2 Å². The van der Waals surface area contributed by atoms with Gasteiger partial charge in [0.05, 0.1) is 16.9 Å². The van der Waals surface area contributed by atoms with Crippen LogP contribution in [-0.4, -0.2) is 11.9 Å². The summed E-state index contributed by atoms with van der Waals surface area (Å²) in [7, 11) is 0. The van der Waals surface area contributed by atoms with Crippen molar-refractivity contribution in [2.24, 2.45) is 0 Å². The second-order valence-electron chi connectivity index (χ2n) is 4.06. The average Bonchev–Trinajstić information content (AvgIpc) is 2.31. The Kier molecular flexibility index (Phi) is 2.73. The summed E-state index contributed by atoms with van der Waals surface area (Å²) in [6.45, 7) is 1.74. The van der Waals surface area contributed by atoms with Gasteiger partial charge in [0.2, 0.25) is 5.91 Å². The Hall–Kier alpha value is -1.72. The SMILES string of the molecule is CC1CC(=O)Nc2ccc(C(F)(F)F)cc2N1. The fourth-order valence-corrected chi connectivity index (χ4v) is 1.74. The van der Waals surface area contributed by atoms with E-state index in [0.717, 1.165) is 12.1 Å². The van der Waals surface area contributed by atoms with Gasteiger partial charge in [-0.25, -0.2) is 0 Å². The van der Waals surface area contributed by atoms with Crippen LogP contribution in [0.5, 0.6) is 0 Å². The number of rotatable bonds is 0. The molecule has 0 saturated carbocycles. The Morgan fingerprint density at radius 1 is 1.29 bits per heavy atom. The summed E-state index contributed by atoms with van der Waals surface area (Å²) in [5, 5.41) is 5.44. The molecule has 0 saturated heterocycles. The highest BCUT2D eigenvalue weighted by molar-refractivity contribution is 5.96. The van der Waals surface area contributed by atoms with Crippen LogP contribution in [0.4, 0.5) is 24.5 Å². The predicted molar refractivity (Wildman–Crippen MR) is 57.8 cm³/mol. The van der Waals surface area contributed by atoms with Crippen LogP contribution < -0.4 is 10.6 Å². The number of nitrogens with one attached hydrogen (secondary N) is 2. The summed E-state index contributed by atoms with van der Waals surface area (Å²) in [6, 6.07) is 3.04. The number of benzene rings is 1. The molecule has 17 heavy (non-hydrogen) atoms. The van der Waals surface area contributed by atoms with Gasteiger partial charge in [-0.05, 0) is 25.1 Å². The van der Waals surface area contributed by atoms with Crippen LogP contribution in [0, 0.1) is 0 Å². The molecule has 1 heterocycles. The zero-order valence-corrected chi connectivity index (χ0v) is 9.06. The van der Waals surface area contributed by atoms with E-state index in [4.69, 9.17) is 0 Å². The minimum atomic E-state index is -4.38. The minimum Gasteiger partial charge on any atom is -0.380 e. The van der Waals surface area contributed by atoms with E-state index >= 15 is 0 Å². The van der Waals surface area contributed by atoms with E-state index in [1.54, 1.807) is 6.92 Å². The molecule has 0 bridgehead atoms. The fourth-order valence-electron chi connectivity index (χ4n) is 1.74. The number of hydrogen-bond donors (Lipinski definition) is 2. The quantitative estimate of drug-likeness (QED) is 0.736. The first-order valence-corrected chi connectivity index (χ1v) is 5.14. The Bertz CT molecular complexity index is 457. The number of carbonyl (C=O) groups excluding carboxylic acids is 1. The third-order valence-electron chi connectivity index (χ3n) is 2.51. The van der Waals surface area contributed by atoms with Gasteiger partial charge in [0.1, 0.15) is 0 Å². The van der Waals surface area contributed by atoms with E-state index in [-0.39, 0.29) is 18.4 Å². The molecule has 2 N–H and O–H groups in total. The van der Waals surface area contributed by atoms with E-state index in [9.17, 15) is 18.0 Å². The van der Waals surface area contributed by atoms with Crippen LogP contribution in [0.3, 0.4) is 0 Å². The van der Waals surface area contributed by atoms with Gasteiger partial charge in [-0.1, -0.05) is 0 Å². The lowest BCUT2D eigenvalue weighted by atomic mass is 10.1. The number of carbonyl (C=O) groups is 1. The van der Waals surface area contributed by atoms with Crippen LogP contribution in [0.2, 0.25) is 0 Å². The lowest BCUT2D eigenvalue weighted by Gasteiger charge is -2.14. The molecule has 1 aromatic carbocycles. The van der Waals surface area contributed by atoms with Gasteiger partial charge in [-0.2, -0.15) is 13.2 Å². The lowest BCUT2D eigenvalue weighted by Crippen LogP contribution is -2.18. The maximum atomic E-state index is 12.5. The van der Waals surface area contributed by atoms with Crippen molar-refractivity contribution in [1.82, 2.24) is 0 Å². The summed E-state index contributed by atoms with van der Waals surface area (Å²) >= 11 is 0. The Balaban J connectivity index is 2.41. The third-order valence-corrected chi connectivity index (χ3v) is 2.51. The molecule has 92 valence electrons. The Morgan fingerprint density at radius 2 is 2.00 bits per heavy atom. The van der Waals surface area contributed by atoms with Crippen LogP contribution >= 0.6 is 0 Å². The molecule has 0 radical (unpaired) electrons. The number of fused-ring (bicyclic) bond motifs is 1. The fraction of sp³-hybridized carbons (Fsp3) is 0.364. The molecular weight excluding hydrogens is 233 g/mol. The zero-order chi connectivity index (χ0) is 12.6. The molecule has 1 aliphatic heterocycles. The molecule has 0 aliphatic carbocycles. The molecule has 2 rings (SSSR count). The summed E-state index contributed by atoms with van der Waals surface area (Å²) in [5.74, 6) is -0.205. The molecular formula is C11H11F3N2O. The lowest BCUT2D eigenvalue weighted by molar-refractivity contribution is -0.137. The van der Waals surface area contributed by atoms with E-state index in [0.29, 0.717) is 11.4 Å². The van der Waals surface area contributed by atoms with Gasteiger partial charge in [0.25, 0.3) is 0 Å². The second kappa shape index (κ2) is 3.94. The molecule has 6 heteroatoms. The van der Waals surface area contributed by atoms with Crippen molar-refractivity contribution >= 4 is 17.3 Å². The average molecular weight is 244 g/mol. The van der Waals surface area contributed by atoms with E-state index < -0.39 is 11.7 Å². The van der Waals surface area contributed by atoms with Crippen LogP contribution in [0.25, 0.3) is 0 Å². The molecule has 1 aromatic rings. The maximum Gasteiger partial charge on any atom is 0.416 e. The zero-order valence-electron chi connectivity index (χ0n) is 9.06. The molecule has 1 unspecified atom stereocenters. The molecule has 0 fully saturated rings. The number of alkyl halides is 3. The highest BCUT2D eigenvalue weighted by atomic mass is 19.4. The molecule has 1 amide bonds. The van der Waals surface area contributed by atoms with Crippen molar-refractivity contribution in [2.45, 2.75) is 25.6 Å². The number of amides is 1. The van der Waals surface area contributed by atoms with Gasteiger partial charge in [-0.3, -0.25) is 4.79 Å². The van der Waals surface area contributed by atoms with Crippen molar-refractivity contribution in [2.75, 3.05) is 10.6 Å². The minimum absolute atomic E-state index is 0.195. The van der Waals surface area contributed by atoms with Gasteiger partial charge in [0, 0.05) is 12.5 Å². The van der Waals surface area contributed by atoms with Crippen molar-refractivity contribution in [3.05, 3.63) is 23.8 Å². The first-order valence-electron chi connectivity index (χ1n) is 5.14. The van der Waals surface area contributed by atoms with Crippen molar-refractivity contribution < 1.29 is 18.0 Å². The summed E-state index contributed by atoms with van der Waals surface area (Å²) in [5.41, 5.74) is -0.0439. The highest BCUT2D eigenvalue weighted by Gasteiger charge is 2.31. The summed E-state index contributed by atoms with van der Waals surface area (Å²) in [4.78, 5) is 11.4. The molecule has 0 aromatic heterocycles. The summed E-state index contributed by atoms with van der Waals surface area (Å²) < 4.78 is 37.6. The van der Waals surface area contributed by atoms with Crippen molar-refractivity contribution in [3.63, 3.8) is 0 Å². The van der Waals surface area contributed by atoms with E-state index in [1.165, 1.54) is 6.07 Å². The molecule has 1 atom stereocenters. The molecule has 0 spiro atoms. The molecule has 1 aliphatic rings. The van der Waals surface area contributed by atoms with Crippen molar-refractivity contribution in [1.29, 1.82) is 0 Å². The summed E-state index contributed by atoms with van der Waals surface area (Å²) in [6.07, 6.45) is -4.15. The second-order valence-corrected chi connectivity index (χ2v) is 4.06. The number of anilines is 2. The monoisotopic (exact) mass is 244 g/mol. The predicted octanol–water partition coefficient (Wildman–Crippen LogP) is 2.85. The third kappa shape index (κ3) is 2.51. The van der Waals surface area contributed by atoms with Crippen LogP contribution in [-0.2, 0) is 11.0 Å². The standard InChI is InChI=1S/C11H11F3N2O/c1-6-4-10(17)16-8-3-2-7(11(12,13)14)5-9(8)15-6/h2-3,5-6,15H,4H2,1H3,(H,16,17). The van der Waals surface area contributed by atoms with E-state index in [1.807, 2.05) is 0 Å². The van der Waals surface area contributed by atoms with Crippen molar-refractivity contribution in [3.8, 4) is 0 Å². The molecule has 3 nitrogen and oxygen atoms in total. The van der Waals surface area contributed by atoms with Gasteiger partial charge >= 0.3 is 6.18 Å². The van der Waals surface area contributed by atoms with E-state index in [2.05, 4.69) is 10.6 Å². The normalized spacial score (nSPS) is 20.0. The first-order chi connectivity index (χ1) is 7.86. The van der Waals surface area contributed by atoms with Gasteiger partial charge in [0.15, 0.2) is 0 Å². The smallest absolute Gasteiger partial charge is 0.380 e. The van der Waals surface area contributed by atoms with Gasteiger partial charge in [-0.15, -0.1) is 0 Å². The number of hydrogen-bond acceptors (Lipinski definition) is 2. The largest absolute Gasteiger partial charge is 0.416 e. The first kappa shape index (κ1) is 11.8.